The van der Waals surface area contributed by atoms with Gasteiger partial charge in [-0.25, -0.2) is 4.39 Å². The molecule has 0 unspecified atom stereocenters. The molecule has 0 bridgehead atoms. The highest BCUT2D eigenvalue weighted by atomic mass is 35.5. The molecule has 5 nitrogen and oxygen atoms in total. The predicted molar refractivity (Wildman–Crippen MR) is 104 cm³/mol. The smallest absolute Gasteiger partial charge is 0.231 e. The fourth-order valence-electron chi connectivity index (χ4n) is 3.51. The Labute approximate surface area is 170 Å². The van der Waals surface area contributed by atoms with E-state index in [-0.39, 0.29) is 22.1 Å². The van der Waals surface area contributed by atoms with Crippen molar-refractivity contribution in [2.24, 2.45) is 0 Å². The summed E-state index contributed by atoms with van der Waals surface area (Å²) in [6.07, 6.45) is 2.97. The Morgan fingerprint density at radius 2 is 2.07 bits per heavy atom. The molecule has 7 heteroatoms. The van der Waals surface area contributed by atoms with Gasteiger partial charge in [-0.1, -0.05) is 17.7 Å². The number of hydrogen-bond donors (Lipinski definition) is 0. The van der Waals surface area contributed by atoms with Crippen LogP contribution in [0.25, 0.3) is 6.08 Å². The Kier molecular flexibility index (Phi) is 4.38. The van der Waals surface area contributed by atoms with Gasteiger partial charge in [0.25, 0.3) is 0 Å². The van der Waals surface area contributed by atoms with E-state index in [0.29, 0.717) is 36.9 Å². The number of benzene rings is 2. The standard InChI is InChI=1S/C22H15ClFNO4/c23-17-4-1-5-18(24)15(17)9-20-21(26)14-6-7-19-16(22(14)29-20)11-25(12-28-19)10-13-3-2-8-27-13/h1-9H,10-12H2/b20-9-. The molecule has 0 aliphatic carbocycles. The first-order valence-corrected chi connectivity index (χ1v) is 9.39. The van der Waals surface area contributed by atoms with E-state index in [9.17, 15) is 9.18 Å². The van der Waals surface area contributed by atoms with E-state index < -0.39 is 5.82 Å². The Morgan fingerprint density at radius 1 is 1.17 bits per heavy atom. The van der Waals surface area contributed by atoms with Gasteiger partial charge in [-0.2, -0.15) is 0 Å². The quantitative estimate of drug-likeness (QED) is 0.565. The van der Waals surface area contributed by atoms with E-state index in [1.165, 1.54) is 18.2 Å². The summed E-state index contributed by atoms with van der Waals surface area (Å²) in [4.78, 5) is 14.9. The van der Waals surface area contributed by atoms with E-state index in [0.717, 1.165) is 11.3 Å². The van der Waals surface area contributed by atoms with Crippen molar-refractivity contribution in [1.29, 1.82) is 0 Å². The van der Waals surface area contributed by atoms with E-state index in [1.807, 2.05) is 17.0 Å². The second kappa shape index (κ2) is 7.06. The molecule has 0 N–H and O–H groups in total. The van der Waals surface area contributed by atoms with Crippen molar-refractivity contribution in [3.8, 4) is 11.5 Å². The van der Waals surface area contributed by atoms with Crippen LogP contribution < -0.4 is 9.47 Å². The fourth-order valence-corrected chi connectivity index (χ4v) is 3.73. The molecule has 2 aliphatic heterocycles. The number of allylic oxidation sites excluding steroid dienone is 1. The average molecular weight is 412 g/mol. The molecule has 2 aliphatic rings. The van der Waals surface area contributed by atoms with Crippen molar-refractivity contribution < 1.29 is 23.1 Å². The van der Waals surface area contributed by atoms with Crippen molar-refractivity contribution in [3.05, 3.63) is 87.8 Å². The minimum absolute atomic E-state index is 0.0311. The van der Waals surface area contributed by atoms with Gasteiger partial charge in [-0.3, -0.25) is 9.69 Å². The third-order valence-electron chi connectivity index (χ3n) is 4.92. The molecule has 0 atom stereocenters. The van der Waals surface area contributed by atoms with Crippen molar-refractivity contribution >= 4 is 23.5 Å². The van der Waals surface area contributed by atoms with Crippen LogP contribution in [-0.2, 0) is 13.1 Å². The van der Waals surface area contributed by atoms with Gasteiger partial charge in [0.1, 0.15) is 29.8 Å². The number of fused-ring (bicyclic) bond motifs is 3. The van der Waals surface area contributed by atoms with E-state index in [4.69, 9.17) is 25.5 Å². The molecule has 0 fully saturated rings. The zero-order valence-electron chi connectivity index (χ0n) is 15.2. The Hall–Kier alpha value is -3.09. The SMILES string of the molecule is O=C1/C(=C/c2c(F)cccc2Cl)Oc2c1ccc1c2CN(Cc2ccco2)CO1. The van der Waals surface area contributed by atoms with Crippen LogP contribution in [-0.4, -0.2) is 17.4 Å². The van der Waals surface area contributed by atoms with Gasteiger partial charge < -0.3 is 13.9 Å². The van der Waals surface area contributed by atoms with Crippen molar-refractivity contribution in [2.45, 2.75) is 13.1 Å². The Morgan fingerprint density at radius 3 is 2.86 bits per heavy atom. The van der Waals surface area contributed by atoms with Crippen LogP contribution in [0.1, 0.15) is 27.2 Å². The highest BCUT2D eigenvalue weighted by Gasteiger charge is 2.34. The molecule has 0 saturated carbocycles. The molecule has 0 radical (unpaired) electrons. The third-order valence-corrected chi connectivity index (χ3v) is 5.25. The van der Waals surface area contributed by atoms with Crippen LogP contribution in [0.2, 0.25) is 5.02 Å². The van der Waals surface area contributed by atoms with Gasteiger partial charge in [-0.05, 0) is 42.5 Å². The maximum atomic E-state index is 14.1. The van der Waals surface area contributed by atoms with Gasteiger partial charge in [0, 0.05) is 12.1 Å². The van der Waals surface area contributed by atoms with Crippen molar-refractivity contribution in [3.63, 3.8) is 0 Å². The van der Waals surface area contributed by atoms with Crippen LogP contribution in [0.3, 0.4) is 0 Å². The molecule has 2 aromatic carbocycles. The number of Topliss-reactive ketones (excluding diaryl/α,β-unsaturated/α-hetero) is 1. The Balaban J connectivity index is 1.48. The molecule has 146 valence electrons. The summed E-state index contributed by atoms with van der Waals surface area (Å²) in [6.45, 7) is 1.49. The minimum atomic E-state index is -0.521. The van der Waals surface area contributed by atoms with Gasteiger partial charge in [0.05, 0.1) is 29.0 Å². The molecule has 0 spiro atoms. The number of carbonyl (C=O) groups excluding carboxylic acids is 1. The summed E-state index contributed by atoms with van der Waals surface area (Å²) in [6, 6.07) is 11.5. The molecule has 3 heterocycles. The van der Waals surface area contributed by atoms with E-state index in [2.05, 4.69) is 0 Å². The number of halogens is 2. The molecule has 0 amide bonds. The second-order valence-corrected chi connectivity index (χ2v) is 7.24. The molecule has 0 saturated heterocycles. The summed E-state index contributed by atoms with van der Waals surface area (Å²) in [5.74, 6) is 1.12. The van der Waals surface area contributed by atoms with Crippen LogP contribution in [0.4, 0.5) is 4.39 Å². The molecule has 5 rings (SSSR count). The number of carbonyl (C=O) groups is 1. The predicted octanol–water partition coefficient (Wildman–Crippen LogP) is 5.04. The fraction of sp³-hybridized carbons (Fsp3) is 0.136. The third kappa shape index (κ3) is 3.20. The monoisotopic (exact) mass is 411 g/mol. The normalized spacial score (nSPS) is 17.0. The van der Waals surface area contributed by atoms with Gasteiger partial charge >= 0.3 is 0 Å². The molecular formula is C22H15ClFNO4. The number of rotatable bonds is 3. The minimum Gasteiger partial charge on any atom is -0.478 e. The summed E-state index contributed by atoms with van der Waals surface area (Å²) >= 11 is 6.08. The van der Waals surface area contributed by atoms with Crippen molar-refractivity contribution in [2.75, 3.05) is 6.73 Å². The largest absolute Gasteiger partial charge is 0.478 e. The maximum Gasteiger partial charge on any atom is 0.231 e. The number of hydrogen-bond acceptors (Lipinski definition) is 5. The zero-order chi connectivity index (χ0) is 20.0. The number of nitrogens with zero attached hydrogens (tertiary/aromatic N) is 1. The number of ether oxygens (including phenoxy) is 2. The first-order chi connectivity index (χ1) is 14.1. The van der Waals surface area contributed by atoms with E-state index in [1.54, 1.807) is 24.5 Å². The number of ketones is 1. The van der Waals surface area contributed by atoms with E-state index >= 15 is 0 Å². The summed E-state index contributed by atoms with van der Waals surface area (Å²) in [5, 5.41) is 0.208. The lowest BCUT2D eigenvalue weighted by molar-refractivity contribution is 0.0810. The summed E-state index contributed by atoms with van der Waals surface area (Å²) in [5.41, 5.74) is 1.32. The molecule has 3 aromatic rings. The van der Waals surface area contributed by atoms with Crippen LogP contribution in [0.5, 0.6) is 11.5 Å². The van der Waals surface area contributed by atoms with Gasteiger partial charge in [0.15, 0.2) is 5.76 Å². The lowest BCUT2D eigenvalue weighted by Crippen LogP contribution is -2.31. The number of furan rings is 1. The first kappa shape index (κ1) is 18.0. The van der Waals surface area contributed by atoms with Gasteiger partial charge in [0.2, 0.25) is 5.78 Å². The zero-order valence-corrected chi connectivity index (χ0v) is 15.9. The lowest BCUT2D eigenvalue weighted by Gasteiger charge is -2.29. The van der Waals surface area contributed by atoms with Crippen LogP contribution >= 0.6 is 11.6 Å². The van der Waals surface area contributed by atoms with Crippen LogP contribution in [0.15, 0.2) is 58.9 Å². The van der Waals surface area contributed by atoms with Gasteiger partial charge in [-0.15, -0.1) is 0 Å². The van der Waals surface area contributed by atoms with Crippen molar-refractivity contribution in [1.82, 2.24) is 4.90 Å². The average Bonchev–Trinajstić information content (AvgIpc) is 3.33. The molecule has 1 aromatic heterocycles. The maximum absolute atomic E-state index is 14.1. The highest BCUT2D eigenvalue weighted by Crippen LogP contribution is 2.42. The second-order valence-electron chi connectivity index (χ2n) is 6.83. The summed E-state index contributed by atoms with van der Waals surface area (Å²) in [7, 11) is 0. The topological polar surface area (TPSA) is 51.9 Å². The highest BCUT2D eigenvalue weighted by molar-refractivity contribution is 6.32. The Bertz CT molecular complexity index is 1120. The summed E-state index contributed by atoms with van der Waals surface area (Å²) < 4.78 is 31.2. The molecular weight excluding hydrogens is 397 g/mol. The van der Waals surface area contributed by atoms with Crippen LogP contribution in [0, 0.1) is 5.82 Å². The molecule has 29 heavy (non-hydrogen) atoms. The lowest BCUT2D eigenvalue weighted by atomic mass is 10.0. The first-order valence-electron chi connectivity index (χ1n) is 9.02.